The SMILES string of the molecule is Fc1cccc(-c2nc(NCCCc3ccc(C(F)(F)F)cc3)sc2-c2ccc3cnccc3c2)c1F. The van der Waals surface area contributed by atoms with Gasteiger partial charge in [0.25, 0.3) is 0 Å². The molecule has 5 aromatic rings. The summed E-state index contributed by atoms with van der Waals surface area (Å²) in [6.45, 7) is 0.502. The molecule has 2 aromatic heterocycles. The number of nitrogens with one attached hydrogen (secondary N) is 1. The Kier molecular flexibility index (Phi) is 6.88. The number of aromatic nitrogens is 2. The smallest absolute Gasteiger partial charge is 0.361 e. The lowest BCUT2D eigenvalue weighted by Gasteiger charge is -2.08. The van der Waals surface area contributed by atoms with E-state index < -0.39 is 23.4 Å². The summed E-state index contributed by atoms with van der Waals surface area (Å²) in [4.78, 5) is 9.40. The number of hydrogen-bond acceptors (Lipinski definition) is 4. The third kappa shape index (κ3) is 5.46. The maximum Gasteiger partial charge on any atom is 0.416 e. The van der Waals surface area contributed by atoms with Crippen LogP contribution in [-0.4, -0.2) is 16.5 Å². The largest absolute Gasteiger partial charge is 0.416 e. The van der Waals surface area contributed by atoms with E-state index in [9.17, 15) is 22.0 Å². The van der Waals surface area contributed by atoms with E-state index in [2.05, 4.69) is 15.3 Å². The van der Waals surface area contributed by atoms with Gasteiger partial charge in [-0.25, -0.2) is 13.8 Å². The summed E-state index contributed by atoms with van der Waals surface area (Å²) in [6, 6.07) is 16.8. The average molecular weight is 526 g/mol. The first-order chi connectivity index (χ1) is 17.8. The van der Waals surface area contributed by atoms with Crippen molar-refractivity contribution in [3.63, 3.8) is 0 Å². The molecule has 0 radical (unpaired) electrons. The lowest BCUT2D eigenvalue weighted by molar-refractivity contribution is -0.137. The van der Waals surface area contributed by atoms with Crippen molar-refractivity contribution in [1.29, 1.82) is 0 Å². The summed E-state index contributed by atoms with van der Waals surface area (Å²) in [5.74, 6) is -1.92. The van der Waals surface area contributed by atoms with E-state index >= 15 is 0 Å². The van der Waals surface area contributed by atoms with Crippen LogP contribution in [0.3, 0.4) is 0 Å². The van der Waals surface area contributed by atoms with Crippen LogP contribution in [-0.2, 0) is 12.6 Å². The molecule has 2 heterocycles. The van der Waals surface area contributed by atoms with Gasteiger partial charge in [0.15, 0.2) is 16.8 Å². The van der Waals surface area contributed by atoms with Crippen LogP contribution >= 0.6 is 11.3 Å². The van der Waals surface area contributed by atoms with Crippen molar-refractivity contribution in [2.24, 2.45) is 0 Å². The van der Waals surface area contributed by atoms with Gasteiger partial charge in [-0.15, -0.1) is 0 Å². The fourth-order valence-corrected chi connectivity index (χ4v) is 5.04. The monoisotopic (exact) mass is 525 g/mol. The number of fused-ring (bicyclic) bond motifs is 1. The van der Waals surface area contributed by atoms with Crippen molar-refractivity contribution < 1.29 is 22.0 Å². The normalized spacial score (nSPS) is 11.7. The molecular formula is C28H20F5N3S. The number of aryl methyl sites for hydroxylation is 1. The highest BCUT2D eigenvalue weighted by Gasteiger charge is 2.29. The highest BCUT2D eigenvalue weighted by Crippen LogP contribution is 2.41. The van der Waals surface area contributed by atoms with Gasteiger partial charge < -0.3 is 5.32 Å². The number of thiazole rings is 1. The summed E-state index contributed by atoms with van der Waals surface area (Å²) in [6.07, 6.45) is 0.308. The predicted octanol–water partition coefficient (Wildman–Crippen LogP) is 8.37. The number of rotatable bonds is 7. The number of nitrogens with zero attached hydrogens (tertiary/aromatic N) is 2. The fraction of sp³-hybridized carbons (Fsp3) is 0.143. The van der Waals surface area contributed by atoms with Crippen LogP contribution in [0.2, 0.25) is 0 Å². The van der Waals surface area contributed by atoms with Gasteiger partial charge in [-0.3, -0.25) is 4.98 Å². The second-order valence-corrected chi connectivity index (χ2v) is 9.46. The summed E-state index contributed by atoms with van der Waals surface area (Å²) in [7, 11) is 0. The standard InChI is InChI=1S/C28H20F5N3S/c29-23-5-1-4-22(24(23)30)25-26(19-8-9-20-16-34-14-12-18(20)15-19)37-27(36-25)35-13-2-3-17-6-10-21(11-7-17)28(31,32)33/h1,4-12,14-16H,2-3,13H2,(H,35,36). The first-order valence-electron chi connectivity index (χ1n) is 11.5. The first kappa shape index (κ1) is 24.8. The molecule has 0 aliphatic carbocycles. The Morgan fingerprint density at radius 2 is 1.70 bits per heavy atom. The third-order valence-electron chi connectivity index (χ3n) is 5.94. The molecule has 0 spiro atoms. The number of pyridine rings is 1. The van der Waals surface area contributed by atoms with E-state index in [1.165, 1.54) is 35.6 Å². The molecule has 188 valence electrons. The van der Waals surface area contributed by atoms with Crippen molar-refractivity contribution in [1.82, 2.24) is 9.97 Å². The van der Waals surface area contributed by atoms with E-state index in [0.29, 0.717) is 35.1 Å². The number of alkyl halides is 3. The van der Waals surface area contributed by atoms with Crippen molar-refractivity contribution in [3.8, 4) is 21.7 Å². The molecule has 0 atom stereocenters. The van der Waals surface area contributed by atoms with Crippen LogP contribution in [0.5, 0.6) is 0 Å². The van der Waals surface area contributed by atoms with Crippen molar-refractivity contribution in [3.05, 3.63) is 102 Å². The van der Waals surface area contributed by atoms with Crippen LogP contribution in [0.1, 0.15) is 17.5 Å². The lowest BCUT2D eigenvalue weighted by Crippen LogP contribution is -2.05. The molecule has 0 aliphatic heterocycles. The van der Waals surface area contributed by atoms with Crippen LogP contribution in [0.4, 0.5) is 27.1 Å². The fourth-order valence-electron chi connectivity index (χ4n) is 4.03. The molecule has 1 N–H and O–H groups in total. The zero-order chi connectivity index (χ0) is 26.0. The summed E-state index contributed by atoms with van der Waals surface area (Å²) in [5, 5.41) is 5.67. The maximum absolute atomic E-state index is 14.7. The van der Waals surface area contributed by atoms with Crippen molar-refractivity contribution in [2.45, 2.75) is 19.0 Å². The predicted molar refractivity (Wildman–Crippen MR) is 136 cm³/mol. The minimum absolute atomic E-state index is 0.0684. The van der Waals surface area contributed by atoms with E-state index in [-0.39, 0.29) is 5.56 Å². The molecule has 3 aromatic carbocycles. The molecule has 0 fully saturated rings. The van der Waals surface area contributed by atoms with Gasteiger partial charge in [0.1, 0.15) is 0 Å². The summed E-state index contributed by atoms with van der Waals surface area (Å²) < 4.78 is 67.0. The number of anilines is 1. The summed E-state index contributed by atoms with van der Waals surface area (Å²) in [5.41, 5.74) is 1.33. The number of benzene rings is 3. The Balaban J connectivity index is 1.37. The average Bonchev–Trinajstić information content (AvgIpc) is 3.31. The Morgan fingerprint density at radius 3 is 2.49 bits per heavy atom. The molecule has 37 heavy (non-hydrogen) atoms. The van der Waals surface area contributed by atoms with E-state index in [0.717, 1.165) is 40.1 Å². The molecule has 0 saturated carbocycles. The van der Waals surface area contributed by atoms with Crippen molar-refractivity contribution in [2.75, 3.05) is 11.9 Å². The maximum atomic E-state index is 14.7. The second kappa shape index (κ2) is 10.3. The van der Waals surface area contributed by atoms with Gasteiger partial charge in [-0.2, -0.15) is 13.2 Å². The Hall–Kier alpha value is -3.85. The molecule has 3 nitrogen and oxygen atoms in total. The quantitative estimate of drug-likeness (QED) is 0.171. The highest BCUT2D eigenvalue weighted by molar-refractivity contribution is 7.19. The van der Waals surface area contributed by atoms with Crippen molar-refractivity contribution >= 4 is 27.2 Å². The molecule has 0 saturated heterocycles. The zero-order valence-electron chi connectivity index (χ0n) is 19.3. The summed E-state index contributed by atoms with van der Waals surface area (Å²) >= 11 is 1.33. The van der Waals surface area contributed by atoms with Gasteiger partial charge in [0.05, 0.1) is 16.1 Å². The minimum atomic E-state index is -4.36. The van der Waals surface area contributed by atoms with Crippen LogP contribution in [0.15, 0.2) is 79.1 Å². The molecular weight excluding hydrogens is 505 g/mol. The second-order valence-electron chi connectivity index (χ2n) is 8.46. The lowest BCUT2D eigenvalue weighted by atomic mass is 10.0. The molecule has 0 unspecified atom stereocenters. The molecule has 0 aliphatic rings. The number of halogens is 5. The Labute approximate surface area is 213 Å². The van der Waals surface area contributed by atoms with Crippen LogP contribution < -0.4 is 5.32 Å². The van der Waals surface area contributed by atoms with Crippen LogP contribution in [0, 0.1) is 11.6 Å². The third-order valence-corrected chi connectivity index (χ3v) is 7.00. The van der Waals surface area contributed by atoms with Gasteiger partial charge in [0.2, 0.25) is 0 Å². The Bertz CT molecular complexity index is 1540. The Morgan fingerprint density at radius 1 is 0.892 bits per heavy atom. The first-order valence-corrected chi connectivity index (χ1v) is 12.3. The molecule has 5 rings (SSSR count). The van der Waals surface area contributed by atoms with Gasteiger partial charge >= 0.3 is 6.18 Å². The topological polar surface area (TPSA) is 37.8 Å². The molecule has 9 heteroatoms. The van der Waals surface area contributed by atoms with Gasteiger partial charge in [-0.05, 0) is 65.8 Å². The van der Waals surface area contributed by atoms with Gasteiger partial charge in [-0.1, -0.05) is 41.7 Å². The minimum Gasteiger partial charge on any atom is -0.361 e. The van der Waals surface area contributed by atoms with Crippen LogP contribution in [0.25, 0.3) is 32.5 Å². The highest BCUT2D eigenvalue weighted by atomic mass is 32.1. The number of hydrogen-bond donors (Lipinski definition) is 1. The van der Waals surface area contributed by atoms with E-state index in [4.69, 9.17) is 0 Å². The molecule has 0 bridgehead atoms. The van der Waals surface area contributed by atoms with Gasteiger partial charge in [0, 0.05) is 29.9 Å². The molecule has 0 amide bonds. The zero-order valence-corrected chi connectivity index (χ0v) is 20.1. The van der Waals surface area contributed by atoms with E-state index in [1.54, 1.807) is 12.4 Å². The van der Waals surface area contributed by atoms with E-state index in [1.807, 2.05) is 24.3 Å².